The van der Waals surface area contributed by atoms with Gasteiger partial charge in [-0.3, -0.25) is 0 Å². The summed E-state index contributed by atoms with van der Waals surface area (Å²) in [5, 5.41) is 3.48. The second-order valence-electron chi connectivity index (χ2n) is 6.16. The van der Waals surface area contributed by atoms with Crippen LogP contribution in [0.1, 0.15) is 37.7 Å². The minimum Gasteiger partial charge on any atom is -0.497 e. The molecule has 2 unspecified atom stereocenters. The van der Waals surface area contributed by atoms with Crippen LogP contribution in [0.15, 0.2) is 24.3 Å². The zero-order valence-electron chi connectivity index (χ0n) is 12.5. The summed E-state index contributed by atoms with van der Waals surface area (Å²) in [5.41, 5.74) is 1.65. The molecule has 2 fully saturated rings. The normalized spacial score (nSPS) is 27.5. The van der Waals surface area contributed by atoms with Crippen LogP contribution >= 0.6 is 0 Å². The molecule has 0 aromatic heterocycles. The first kappa shape index (κ1) is 13.9. The lowest BCUT2D eigenvalue weighted by Crippen LogP contribution is -2.61. The van der Waals surface area contributed by atoms with E-state index in [0.29, 0.717) is 24.2 Å². The average molecular weight is 275 g/mol. The number of hydrogen-bond donors (Lipinski definition) is 1. The molecule has 1 aromatic carbocycles. The summed E-state index contributed by atoms with van der Waals surface area (Å²) < 4.78 is 11.4. The fourth-order valence-corrected chi connectivity index (χ4v) is 4.01. The molecule has 0 amide bonds. The van der Waals surface area contributed by atoms with E-state index in [2.05, 4.69) is 24.5 Å². The fourth-order valence-electron chi connectivity index (χ4n) is 4.01. The van der Waals surface area contributed by atoms with Gasteiger partial charge >= 0.3 is 0 Å². The summed E-state index contributed by atoms with van der Waals surface area (Å²) in [6, 6.07) is 8.84. The van der Waals surface area contributed by atoms with Gasteiger partial charge in [-0.1, -0.05) is 25.0 Å². The van der Waals surface area contributed by atoms with Gasteiger partial charge in [0.15, 0.2) is 0 Å². The number of hydrogen-bond acceptors (Lipinski definition) is 3. The quantitative estimate of drug-likeness (QED) is 0.895. The number of benzene rings is 1. The SMILES string of the molecule is CNC1CC(OCc2ccc(OC)cc2)C12CCCC2. The van der Waals surface area contributed by atoms with Crippen LogP contribution in [0.2, 0.25) is 0 Å². The van der Waals surface area contributed by atoms with Crippen LogP contribution in [0.5, 0.6) is 5.75 Å². The van der Waals surface area contributed by atoms with Crippen molar-refractivity contribution in [2.45, 2.75) is 50.9 Å². The highest BCUT2D eigenvalue weighted by atomic mass is 16.5. The van der Waals surface area contributed by atoms with Crippen molar-refractivity contribution in [3.63, 3.8) is 0 Å². The second-order valence-corrected chi connectivity index (χ2v) is 6.16. The van der Waals surface area contributed by atoms with Crippen molar-refractivity contribution in [1.29, 1.82) is 0 Å². The van der Waals surface area contributed by atoms with Gasteiger partial charge < -0.3 is 14.8 Å². The molecule has 2 aliphatic carbocycles. The molecule has 1 aromatic rings. The van der Waals surface area contributed by atoms with Gasteiger partial charge in [-0.15, -0.1) is 0 Å². The predicted molar refractivity (Wildman–Crippen MR) is 79.9 cm³/mol. The van der Waals surface area contributed by atoms with Crippen molar-refractivity contribution < 1.29 is 9.47 Å². The highest BCUT2D eigenvalue weighted by molar-refractivity contribution is 5.26. The number of rotatable bonds is 5. The maximum Gasteiger partial charge on any atom is 0.118 e. The van der Waals surface area contributed by atoms with Crippen molar-refractivity contribution >= 4 is 0 Å². The van der Waals surface area contributed by atoms with Gasteiger partial charge in [-0.2, -0.15) is 0 Å². The van der Waals surface area contributed by atoms with Crippen LogP contribution in [0.3, 0.4) is 0 Å². The van der Waals surface area contributed by atoms with E-state index in [4.69, 9.17) is 9.47 Å². The molecule has 110 valence electrons. The number of ether oxygens (including phenoxy) is 2. The van der Waals surface area contributed by atoms with Gasteiger partial charge in [0.2, 0.25) is 0 Å². The molecule has 3 nitrogen and oxygen atoms in total. The van der Waals surface area contributed by atoms with Crippen LogP contribution in [0.25, 0.3) is 0 Å². The standard InChI is InChI=1S/C17H25NO2/c1-18-15-11-16(17(15)9-3-4-10-17)20-12-13-5-7-14(19-2)8-6-13/h5-8,15-16,18H,3-4,9-12H2,1-2H3. The monoisotopic (exact) mass is 275 g/mol. The summed E-state index contributed by atoms with van der Waals surface area (Å²) in [4.78, 5) is 0. The molecular formula is C17H25NO2. The van der Waals surface area contributed by atoms with E-state index in [1.165, 1.54) is 31.2 Å². The lowest BCUT2D eigenvalue weighted by molar-refractivity contribution is -0.138. The van der Waals surface area contributed by atoms with Crippen LogP contribution in [0, 0.1) is 5.41 Å². The first-order chi connectivity index (χ1) is 9.78. The van der Waals surface area contributed by atoms with Gasteiger partial charge in [0, 0.05) is 11.5 Å². The van der Waals surface area contributed by atoms with Crippen molar-refractivity contribution in [3.8, 4) is 5.75 Å². The molecule has 1 N–H and O–H groups in total. The smallest absolute Gasteiger partial charge is 0.118 e. The van der Waals surface area contributed by atoms with Crippen LogP contribution in [-0.2, 0) is 11.3 Å². The molecule has 2 atom stereocenters. The molecule has 3 rings (SSSR count). The zero-order chi connectivity index (χ0) is 14.0. The molecular weight excluding hydrogens is 250 g/mol. The Morgan fingerprint density at radius 1 is 1.20 bits per heavy atom. The molecule has 3 heteroatoms. The van der Waals surface area contributed by atoms with Gasteiger partial charge in [0.05, 0.1) is 19.8 Å². The Labute approximate surface area is 121 Å². The zero-order valence-corrected chi connectivity index (χ0v) is 12.5. The summed E-state index contributed by atoms with van der Waals surface area (Å²) in [6.45, 7) is 0.715. The Morgan fingerprint density at radius 2 is 1.90 bits per heavy atom. The van der Waals surface area contributed by atoms with Crippen LogP contribution in [0.4, 0.5) is 0 Å². The predicted octanol–water partition coefficient (Wildman–Crippen LogP) is 3.13. The van der Waals surface area contributed by atoms with Crippen LogP contribution < -0.4 is 10.1 Å². The molecule has 0 aliphatic heterocycles. The first-order valence-electron chi connectivity index (χ1n) is 7.70. The molecule has 20 heavy (non-hydrogen) atoms. The summed E-state index contributed by atoms with van der Waals surface area (Å²) >= 11 is 0. The average Bonchev–Trinajstić information content (AvgIpc) is 2.99. The van der Waals surface area contributed by atoms with E-state index in [1.807, 2.05) is 12.1 Å². The molecule has 0 saturated heterocycles. The largest absolute Gasteiger partial charge is 0.497 e. The Morgan fingerprint density at radius 3 is 2.50 bits per heavy atom. The van der Waals surface area contributed by atoms with Crippen molar-refractivity contribution in [2.24, 2.45) is 5.41 Å². The van der Waals surface area contributed by atoms with E-state index >= 15 is 0 Å². The molecule has 0 radical (unpaired) electrons. The van der Waals surface area contributed by atoms with Crippen molar-refractivity contribution in [1.82, 2.24) is 5.32 Å². The van der Waals surface area contributed by atoms with E-state index in [0.717, 1.165) is 12.2 Å². The Bertz CT molecular complexity index is 437. The van der Waals surface area contributed by atoms with Crippen LogP contribution in [-0.4, -0.2) is 26.3 Å². The molecule has 1 spiro atoms. The molecule has 0 heterocycles. The van der Waals surface area contributed by atoms with E-state index in [-0.39, 0.29) is 0 Å². The van der Waals surface area contributed by atoms with Gasteiger partial charge in [-0.25, -0.2) is 0 Å². The Hall–Kier alpha value is -1.06. The second kappa shape index (κ2) is 5.74. The van der Waals surface area contributed by atoms with E-state index < -0.39 is 0 Å². The number of methoxy groups -OCH3 is 1. The molecule has 0 bridgehead atoms. The third-order valence-corrected chi connectivity index (χ3v) is 5.28. The molecule has 2 aliphatic rings. The highest BCUT2D eigenvalue weighted by Gasteiger charge is 2.56. The lowest BCUT2D eigenvalue weighted by Gasteiger charge is -2.54. The lowest BCUT2D eigenvalue weighted by atomic mass is 9.60. The van der Waals surface area contributed by atoms with Crippen molar-refractivity contribution in [2.75, 3.05) is 14.2 Å². The van der Waals surface area contributed by atoms with E-state index in [1.54, 1.807) is 7.11 Å². The minimum absolute atomic E-state index is 0.418. The van der Waals surface area contributed by atoms with Gasteiger partial charge in [0.25, 0.3) is 0 Å². The topological polar surface area (TPSA) is 30.5 Å². The molecule has 2 saturated carbocycles. The maximum absolute atomic E-state index is 6.23. The third-order valence-electron chi connectivity index (χ3n) is 5.28. The summed E-state index contributed by atoms with van der Waals surface area (Å²) in [7, 11) is 3.78. The third kappa shape index (κ3) is 2.33. The van der Waals surface area contributed by atoms with Crippen molar-refractivity contribution in [3.05, 3.63) is 29.8 Å². The summed E-state index contributed by atoms with van der Waals surface area (Å²) in [6.07, 6.45) is 6.97. The first-order valence-corrected chi connectivity index (χ1v) is 7.70. The fraction of sp³-hybridized carbons (Fsp3) is 0.647. The summed E-state index contributed by atoms with van der Waals surface area (Å²) in [5.74, 6) is 0.903. The minimum atomic E-state index is 0.418. The highest BCUT2D eigenvalue weighted by Crippen LogP contribution is 2.54. The Balaban J connectivity index is 1.58. The number of nitrogens with one attached hydrogen (secondary N) is 1. The maximum atomic E-state index is 6.23. The Kier molecular flexibility index (Phi) is 3.99. The van der Waals surface area contributed by atoms with Gasteiger partial charge in [-0.05, 0) is 44.0 Å². The van der Waals surface area contributed by atoms with E-state index in [9.17, 15) is 0 Å². The van der Waals surface area contributed by atoms with Gasteiger partial charge in [0.1, 0.15) is 5.75 Å².